The van der Waals surface area contributed by atoms with E-state index >= 15 is 0 Å². The van der Waals surface area contributed by atoms with E-state index in [9.17, 15) is 0 Å². The minimum atomic E-state index is 0.191. The summed E-state index contributed by atoms with van der Waals surface area (Å²) in [6.45, 7) is 2.30. The highest BCUT2D eigenvalue weighted by atomic mass is 15.1. The second-order valence-corrected chi connectivity index (χ2v) is 5.95. The summed E-state index contributed by atoms with van der Waals surface area (Å²) in [5.41, 5.74) is 10.9. The average Bonchev–Trinajstić information content (AvgIpc) is 3.05. The fourth-order valence-electron chi connectivity index (χ4n) is 2.71. The highest BCUT2D eigenvalue weighted by molar-refractivity contribution is 5.34. The fourth-order valence-corrected chi connectivity index (χ4v) is 2.71. The number of aryl methyl sites for hydroxylation is 1. The molecule has 1 aliphatic carbocycles. The lowest BCUT2D eigenvalue weighted by atomic mass is 9.95. The lowest BCUT2D eigenvalue weighted by molar-refractivity contribution is 0.313. The average molecular weight is 230 g/mol. The third-order valence-corrected chi connectivity index (χ3v) is 4.28. The lowest BCUT2D eigenvalue weighted by Crippen LogP contribution is -2.26. The Kier molecular flexibility index (Phi) is 2.72. The third kappa shape index (κ3) is 2.53. The van der Waals surface area contributed by atoms with Gasteiger partial charge in [-0.1, -0.05) is 18.2 Å². The molecule has 0 radical (unpaired) electrons. The van der Waals surface area contributed by atoms with Crippen molar-refractivity contribution < 1.29 is 0 Å². The molecule has 2 nitrogen and oxygen atoms in total. The van der Waals surface area contributed by atoms with Crippen LogP contribution in [0.3, 0.4) is 0 Å². The van der Waals surface area contributed by atoms with Crippen molar-refractivity contribution in [2.45, 2.75) is 44.2 Å². The summed E-state index contributed by atoms with van der Waals surface area (Å²) in [4.78, 5) is 2.39. The van der Waals surface area contributed by atoms with E-state index in [1.54, 1.807) is 5.56 Å². The first-order valence-electron chi connectivity index (χ1n) is 6.73. The molecule has 92 valence electrons. The summed E-state index contributed by atoms with van der Waals surface area (Å²) in [5, 5.41) is 0. The van der Waals surface area contributed by atoms with Crippen LogP contribution < -0.4 is 5.73 Å². The maximum absolute atomic E-state index is 6.14. The molecule has 1 aromatic rings. The number of hydrogen-bond donors (Lipinski definition) is 1. The molecule has 1 saturated carbocycles. The second-order valence-electron chi connectivity index (χ2n) is 5.95. The zero-order valence-electron chi connectivity index (χ0n) is 10.7. The van der Waals surface area contributed by atoms with Crippen LogP contribution in [0, 0.1) is 0 Å². The van der Waals surface area contributed by atoms with Crippen LogP contribution in [0.15, 0.2) is 18.2 Å². The van der Waals surface area contributed by atoms with Gasteiger partial charge in [0.1, 0.15) is 0 Å². The molecule has 17 heavy (non-hydrogen) atoms. The van der Waals surface area contributed by atoms with Crippen LogP contribution in [0.4, 0.5) is 0 Å². The van der Waals surface area contributed by atoms with Crippen molar-refractivity contribution >= 4 is 0 Å². The Hall–Kier alpha value is -0.860. The molecular weight excluding hydrogens is 208 g/mol. The lowest BCUT2D eigenvalue weighted by Gasteiger charge is -2.25. The number of rotatable bonds is 3. The maximum atomic E-state index is 6.14. The monoisotopic (exact) mass is 230 g/mol. The van der Waals surface area contributed by atoms with E-state index in [0.717, 1.165) is 19.4 Å². The minimum absolute atomic E-state index is 0.191. The first-order chi connectivity index (χ1) is 8.15. The molecule has 0 aromatic heterocycles. The molecule has 1 heterocycles. The van der Waals surface area contributed by atoms with Gasteiger partial charge in [0.15, 0.2) is 0 Å². The van der Waals surface area contributed by atoms with Gasteiger partial charge >= 0.3 is 0 Å². The summed E-state index contributed by atoms with van der Waals surface area (Å²) in [5.74, 6) is 0. The molecule has 0 atom stereocenters. The molecule has 0 spiro atoms. The van der Waals surface area contributed by atoms with Gasteiger partial charge in [-0.25, -0.2) is 0 Å². The molecule has 1 aromatic carbocycles. The van der Waals surface area contributed by atoms with E-state index < -0.39 is 0 Å². The van der Waals surface area contributed by atoms with Crippen LogP contribution in [0.5, 0.6) is 0 Å². The summed E-state index contributed by atoms with van der Waals surface area (Å²) < 4.78 is 0. The molecule has 0 amide bonds. The zero-order chi connectivity index (χ0) is 11.9. The predicted molar refractivity (Wildman–Crippen MR) is 71.0 cm³/mol. The molecule has 2 N–H and O–H groups in total. The Bertz CT molecular complexity index is 421. The topological polar surface area (TPSA) is 29.3 Å². The third-order valence-electron chi connectivity index (χ3n) is 4.28. The van der Waals surface area contributed by atoms with Crippen LogP contribution in [0.2, 0.25) is 0 Å². The van der Waals surface area contributed by atoms with Crippen LogP contribution in [0.25, 0.3) is 0 Å². The summed E-state index contributed by atoms with van der Waals surface area (Å²) in [6, 6.07) is 7.02. The summed E-state index contributed by atoms with van der Waals surface area (Å²) >= 11 is 0. The first kappa shape index (κ1) is 11.2. The van der Waals surface area contributed by atoms with Gasteiger partial charge in [-0.2, -0.15) is 0 Å². The Balaban J connectivity index is 1.70. The van der Waals surface area contributed by atoms with E-state index in [1.165, 1.54) is 36.9 Å². The Morgan fingerprint density at radius 1 is 1.29 bits per heavy atom. The number of likely N-dealkylation sites (N-methyl/N-ethyl adjacent to an activating group) is 1. The molecular formula is C15H22N2. The Labute approximate surface area is 104 Å². The summed E-state index contributed by atoms with van der Waals surface area (Å²) in [7, 11) is 2.20. The zero-order valence-corrected chi connectivity index (χ0v) is 10.7. The van der Waals surface area contributed by atoms with Crippen molar-refractivity contribution in [2.75, 3.05) is 13.6 Å². The van der Waals surface area contributed by atoms with E-state index in [-0.39, 0.29) is 5.54 Å². The van der Waals surface area contributed by atoms with Gasteiger partial charge < -0.3 is 10.6 Å². The quantitative estimate of drug-likeness (QED) is 0.861. The number of nitrogens with zero attached hydrogens (tertiary/aromatic N) is 1. The number of nitrogens with two attached hydrogens (primary N) is 1. The standard InChI is InChI=1S/C15H22N2/c1-17-9-5-13-10-12(2-3-14(13)11-17)4-6-15(16)7-8-15/h2-3,10H,4-9,11,16H2,1H3. The van der Waals surface area contributed by atoms with Gasteiger partial charge in [-0.05, 0) is 55.8 Å². The normalized spacial score (nSPS) is 22.2. The van der Waals surface area contributed by atoms with Gasteiger partial charge in [-0.15, -0.1) is 0 Å². The molecule has 0 saturated heterocycles. The SMILES string of the molecule is CN1CCc2cc(CCC3(N)CC3)ccc2C1. The van der Waals surface area contributed by atoms with Crippen molar-refractivity contribution in [3.63, 3.8) is 0 Å². The fraction of sp³-hybridized carbons (Fsp3) is 0.600. The molecule has 1 fully saturated rings. The van der Waals surface area contributed by atoms with E-state index in [1.807, 2.05) is 0 Å². The molecule has 2 aliphatic rings. The van der Waals surface area contributed by atoms with Crippen molar-refractivity contribution in [3.05, 3.63) is 34.9 Å². The van der Waals surface area contributed by atoms with E-state index in [2.05, 4.69) is 30.1 Å². The highest BCUT2D eigenvalue weighted by Gasteiger charge is 2.37. The van der Waals surface area contributed by atoms with Crippen LogP contribution in [0.1, 0.15) is 36.0 Å². The smallest absolute Gasteiger partial charge is 0.0233 e. The number of benzene rings is 1. The van der Waals surface area contributed by atoms with Crippen molar-refractivity contribution in [1.29, 1.82) is 0 Å². The highest BCUT2D eigenvalue weighted by Crippen LogP contribution is 2.36. The van der Waals surface area contributed by atoms with Gasteiger partial charge in [0, 0.05) is 18.6 Å². The summed E-state index contributed by atoms with van der Waals surface area (Å²) in [6.07, 6.45) is 5.96. The van der Waals surface area contributed by atoms with Crippen molar-refractivity contribution in [2.24, 2.45) is 5.73 Å². The van der Waals surface area contributed by atoms with Gasteiger partial charge in [0.25, 0.3) is 0 Å². The number of hydrogen-bond acceptors (Lipinski definition) is 2. The molecule has 3 rings (SSSR count). The predicted octanol–water partition coefficient (Wildman–Crippen LogP) is 2.10. The van der Waals surface area contributed by atoms with Crippen molar-refractivity contribution in [3.8, 4) is 0 Å². The number of fused-ring (bicyclic) bond motifs is 1. The largest absolute Gasteiger partial charge is 0.325 e. The van der Waals surface area contributed by atoms with E-state index in [4.69, 9.17) is 5.73 Å². The van der Waals surface area contributed by atoms with Crippen LogP contribution >= 0.6 is 0 Å². The Morgan fingerprint density at radius 3 is 2.88 bits per heavy atom. The second kappa shape index (κ2) is 4.11. The molecule has 1 aliphatic heterocycles. The Morgan fingerprint density at radius 2 is 2.12 bits per heavy atom. The minimum Gasteiger partial charge on any atom is -0.325 e. The molecule has 0 bridgehead atoms. The molecule has 0 unspecified atom stereocenters. The van der Waals surface area contributed by atoms with Crippen molar-refractivity contribution in [1.82, 2.24) is 4.90 Å². The van der Waals surface area contributed by atoms with E-state index in [0.29, 0.717) is 0 Å². The maximum Gasteiger partial charge on any atom is 0.0233 e. The van der Waals surface area contributed by atoms with Gasteiger partial charge in [0.05, 0.1) is 0 Å². The van der Waals surface area contributed by atoms with Crippen LogP contribution in [-0.4, -0.2) is 24.0 Å². The van der Waals surface area contributed by atoms with Crippen LogP contribution in [-0.2, 0) is 19.4 Å². The van der Waals surface area contributed by atoms with Gasteiger partial charge in [-0.3, -0.25) is 0 Å². The molecule has 2 heteroatoms. The first-order valence-corrected chi connectivity index (χ1v) is 6.73. The van der Waals surface area contributed by atoms with Gasteiger partial charge in [0.2, 0.25) is 0 Å².